The number of para-hydroxylation sites is 2. The Balaban J connectivity index is 1.30. The van der Waals surface area contributed by atoms with Crippen molar-refractivity contribution in [2.24, 2.45) is 5.92 Å². The first-order chi connectivity index (χ1) is 15.6. The molecule has 2 aromatic rings. The van der Waals surface area contributed by atoms with Crippen LogP contribution in [0.25, 0.3) is 0 Å². The molecule has 8 heteroatoms. The van der Waals surface area contributed by atoms with Crippen LogP contribution in [-0.2, 0) is 22.6 Å². The predicted octanol–water partition coefficient (Wildman–Crippen LogP) is 2.96. The molecule has 2 aromatic carbocycles. The summed E-state index contributed by atoms with van der Waals surface area (Å²) in [5, 5.41) is 14.4. The molecule has 2 heterocycles. The first-order valence-corrected chi connectivity index (χ1v) is 11.2. The van der Waals surface area contributed by atoms with Crippen LogP contribution < -0.4 is 10.2 Å². The van der Waals surface area contributed by atoms with Gasteiger partial charge < -0.3 is 15.0 Å². The second-order valence-electron chi connectivity index (χ2n) is 8.38. The van der Waals surface area contributed by atoms with Crippen molar-refractivity contribution in [3.8, 4) is 0 Å². The molecular formula is C24H30N4O4. The number of carbonyl (C=O) groups is 1. The fraction of sp³-hybridized carbons (Fsp3) is 0.458. The zero-order valence-corrected chi connectivity index (χ0v) is 18.2. The predicted molar refractivity (Wildman–Crippen MR) is 122 cm³/mol. The SMILES string of the molecule is O=C(NCc1ccccc1CN1CCOCC1)C1CCN(c2ccccc2[N+](=O)[O-])CC1. The molecule has 170 valence electrons. The number of hydrogen-bond donors (Lipinski definition) is 1. The fourth-order valence-electron chi connectivity index (χ4n) is 4.48. The quantitative estimate of drug-likeness (QED) is 0.528. The third-order valence-corrected chi connectivity index (χ3v) is 6.35. The highest BCUT2D eigenvalue weighted by molar-refractivity contribution is 5.79. The molecule has 0 spiro atoms. The summed E-state index contributed by atoms with van der Waals surface area (Å²) in [6.07, 6.45) is 1.38. The van der Waals surface area contributed by atoms with E-state index in [9.17, 15) is 14.9 Å². The van der Waals surface area contributed by atoms with Crippen LogP contribution in [0.3, 0.4) is 0 Å². The van der Waals surface area contributed by atoms with Gasteiger partial charge in [0, 0.05) is 51.3 Å². The van der Waals surface area contributed by atoms with Crippen LogP contribution in [0.2, 0.25) is 0 Å². The second-order valence-corrected chi connectivity index (χ2v) is 8.38. The molecule has 0 saturated carbocycles. The van der Waals surface area contributed by atoms with Gasteiger partial charge in [-0.25, -0.2) is 0 Å². The lowest BCUT2D eigenvalue weighted by Gasteiger charge is -2.32. The maximum absolute atomic E-state index is 12.8. The minimum atomic E-state index is -0.345. The smallest absolute Gasteiger partial charge is 0.292 e. The monoisotopic (exact) mass is 438 g/mol. The summed E-state index contributed by atoms with van der Waals surface area (Å²) in [6, 6.07) is 15.1. The molecule has 0 unspecified atom stereocenters. The van der Waals surface area contributed by atoms with E-state index < -0.39 is 0 Å². The van der Waals surface area contributed by atoms with Gasteiger partial charge in [-0.3, -0.25) is 19.8 Å². The summed E-state index contributed by atoms with van der Waals surface area (Å²) in [6.45, 7) is 6.05. The highest BCUT2D eigenvalue weighted by Gasteiger charge is 2.28. The Labute approximate surface area is 188 Å². The number of nitro benzene ring substituents is 1. The first kappa shape index (κ1) is 22.2. The van der Waals surface area contributed by atoms with Gasteiger partial charge in [0.2, 0.25) is 5.91 Å². The number of nitrogens with zero attached hydrogens (tertiary/aromatic N) is 3. The zero-order chi connectivity index (χ0) is 22.3. The summed E-state index contributed by atoms with van der Waals surface area (Å²) in [4.78, 5) is 28.2. The summed E-state index contributed by atoms with van der Waals surface area (Å²) < 4.78 is 5.43. The van der Waals surface area contributed by atoms with Crippen molar-refractivity contribution in [3.63, 3.8) is 0 Å². The number of amides is 1. The average Bonchev–Trinajstić information content (AvgIpc) is 2.84. The highest BCUT2D eigenvalue weighted by atomic mass is 16.6. The Morgan fingerprint density at radius 2 is 1.66 bits per heavy atom. The zero-order valence-electron chi connectivity index (χ0n) is 18.2. The van der Waals surface area contributed by atoms with Crippen molar-refractivity contribution < 1.29 is 14.5 Å². The molecule has 2 aliphatic rings. The van der Waals surface area contributed by atoms with E-state index >= 15 is 0 Å². The minimum absolute atomic E-state index is 0.0633. The lowest BCUT2D eigenvalue weighted by atomic mass is 9.95. The highest BCUT2D eigenvalue weighted by Crippen LogP contribution is 2.31. The molecule has 32 heavy (non-hydrogen) atoms. The van der Waals surface area contributed by atoms with Gasteiger partial charge in [-0.05, 0) is 30.0 Å². The van der Waals surface area contributed by atoms with E-state index in [0.717, 1.165) is 38.4 Å². The van der Waals surface area contributed by atoms with Crippen LogP contribution in [0, 0.1) is 16.0 Å². The number of nitro groups is 1. The number of rotatable bonds is 7. The Hall–Kier alpha value is -2.97. The summed E-state index contributed by atoms with van der Waals surface area (Å²) in [5.74, 6) is -0.00573. The molecule has 0 aliphatic carbocycles. The van der Waals surface area contributed by atoms with Crippen LogP contribution in [0.15, 0.2) is 48.5 Å². The van der Waals surface area contributed by atoms with E-state index in [0.29, 0.717) is 38.2 Å². The normalized spacial score (nSPS) is 17.8. The molecule has 2 fully saturated rings. The molecule has 1 N–H and O–H groups in total. The molecule has 0 bridgehead atoms. The average molecular weight is 439 g/mol. The molecule has 2 aliphatic heterocycles. The van der Waals surface area contributed by atoms with Crippen molar-refractivity contribution >= 4 is 17.3 Å². The molecule has 0 radical (unpaired) electrons. The van der Waals surface area contributed by atoms with Crippen LogP contribution in [0.4, 0.5) is 11.4 Å². The van der Waals surface area contributed by atoms with Crippen molar-refractivity contribution in [2.45, 2.75) is 25.9 Å². The topological polar surface area (TPSA) is 88.0 Å². The third-order valence-electron chi connectivity index (χ3n) is 6.35. The minimum Gasteiger partial charge on any atom is -0.379 e. The maximum atomic E-state index is 12.8. The van der Waals surface area contributed by atoms with Crippen LogP contribution in [0.1, 0.15) is 24.0 Å². The summed E-state index contributed by atoms with van der Waals surface area (Å²) in [5.41, 5.74) is 3.13. The van der Waals surface area contributed by atoms with Crippen molar-refractivity contribution in [2.75, 3.05) is 44.3 Å². The summed E-state index contributed by atoms with van der Waals surface area (Å²) >= 11 is 0. The van der Waals surface area contributed by atoms with E-state index in [1.165, 1.54) is 11.6 Å². The molecule has 4 rings (SSSR count). The van der Waals surface area contributed by atoms with Gasteiger partial charge in [-0.15, -0.1) is 0 Å². The molecule has 1 amide bonds. The molecule has 8 nitrogen and oxygen atoms in total. The van der Waals surface area contributed by atoms with Gasteiger partial charge in [0.15, 0.2) is 0 Å². The van der Waals surface area contributed by atoms with Gasteiger partial charge >= 0.3 is 0 Å². The second kappa shape index (κ2) is 10.6. The van der Waals surface area contributed by atoms with E-state index in [4.69, 9.17) is 4.74 Å². The van der Waals surface area contributed by atoms with Crippen molar-refractivity contribution in [1.82, 2.24) is 10.2 Å². The van der Waals surface area contributed by atoms with Crippen LogP contribution in [-0.4, -0.2) is 55.1 Å². The number of morpholine rings is 1. The molecule has 2 saturated heterocycles. The Morgan fingerprint density at radius 1 is 1.00 bits per heavy atom. The number of hydrogen-bond acceptors (Lipinski definition) is 6. The van der Waals surface area contributed by atoms with Gasteiger partial charge in [-0.1, -0.05) is 36.4 Å². The number of piperidine rings is 1. The lowest BCUT2D eigenvalue weighted by Crippen LogP contribution is -2.40. The van der Waals surface area contributed by atoms with Gasteiger partial charge in [0.1, 0.15) is 5.69 Å². The fourth-order valence-corrected chi connectivity index (χ4v) is 4.48. The van der Waals surface area contributed by atoms with Crippen LogP contribution >= 0.6 is 0 Å². The largest absolute Gasteiger partial charge is 0.379 e. The number of carbonyl (C=O) groups excluding carboxylic acids is 1. The van der Waals surface area contributed by atoms with Gasteiger partial charge in [0.25, 0.3) is 5.69 Å². The van der Waals surface area contributed by atoms with E-state index in [1.54, 1.807) is 12.1 Å². The van der Waals surface area contributed by atoms with Gasteiger partial charge in [0.05, 0.1) is 18.1 Å². The Bertz CT molecular complexity index is 937. The van der Waals surface area contributed by atoms with Gasteiger partial charge in [-0.2, -0.15) is 0 Å². The third kappa shape index (κ3) is 5.44. The maximum Gasteiger partial charge on any atom is 0.292 e. The molecule has 0 atom stereocenters. The van der Waals surface area contributed by atoms with E-state index in [-0.39, 0.29) is 22.4 Å². The van der Waals surface area contributed by atoms with Crippen molar-refractivity contribution in [3.05, 3.63) is 69.8 Å². The molecular weight excluding hydrogens is 408 g/mol. The van der Waals surface area contributed by atoms with Crippen LogP contribution in [0.5, 0.6) is 0 Å². The summed E-state index contributed by atoms with van der Waals surface area (Å²) in [7, 11) is 0. The van der Waals surface area contributed by atoms with E-state index in [2.05, 4.69) is 22.3 Å². The number of anilines is 1. The van der Waals surface area contributed by atoms with Crippen molar-refractivity contribution in [1.29, 1.82) is 0 Å². The van der Waals surface area contributed by atoms with E-state index in [1.807, 2.05) is 23.1 Å². The molecule has 0 aromatic heterocycles. The first-order valence-electron chi connectivity index (χ1n) is 11.2. The Kier molecular flexibility index (Phi) is 7.34. The number of ether oxygens (including phenoxy) is 1. The number of nitrogens with one attached hydrogen (secondary N) is 1. The number of benzene rings is 2. The lowest BCUT2D eigenvalue weighted by molar-refractivity contribution is -0.384. The Morgan fingerprint density at radius 3 is 2.38 bits per heavy atom. The standard InChI is InChI=1S/C24H30N4O4/c29-24(19-9-11-27(12-10-19)22-7-3-4-8-23(22)28(30)31)25-17-20-5-1-2-6-21(20)18-26-13-15-32-16-14-26/h1-8,19H,9-18H2,(H,25,29).